The summed E-state index contributed by atoms with van der Waals surface area (Å²) in [6.07, 6.45) is 9.62. The van der Waals surface area contributed by atoms with Gasteiger partial charge < -0.3 is 4.90 Å². The molecule has 1 aliphatic heterocycles. The van der Waals surface area contributed by atoms with E-state index in [1.807, 2.05) is 0 Å². The van der Waals surface area contributed by atoms with E-state index in [-0.39, 0.29) is 0 Å². The van der Waals surface area contributed by atoms with Crippen LogP contribution in [0.2, 0.25) is 0 Å². The van der Waals surface area contributed by atoms with Gasteiger partial charge in [0, 0.05) is 32.7 Å². The van der Waals surface area contributed by atoms with Crippen LogP contribution < -0.4 is 0 Å². The summed E-state index contributed by atoms with van der Waals surface area (Å²) in [5.41, 5.74) is 12.1. The molecular formula is C29H40N2. The standard InChI is InChI=1S/C29H40N2/c1-6-27-22(3)18-23(4)29-21(2)8-7-9-26(19-28(27)29)25-12-10-24(11-13-25)20-31-16-14-30(5)15-17-31/h9-13,19,23H,6-8,14-18,20H2,1-5H3. The predicted molar refractivity (Wildman–Crippen MR) is 134 cm³/mol. The summed E-state index contributed by atoms with van der Waals surface area (Å²) in [6.45, 7) is 15.2. The molecule has 31 heavy (non-hydrogen) atoms. The van der Waals surface area contributed by atoms with Crippen LogP contribution in [0.25, 0.3) is 5.57 Å². The van der Waals surface area contributed by atoms with Crippen molar-refractivity contribution in [2.75, 3.05) is 33.2 Å². The highest BCUT2D eigenvalue weighted by Crippen LogP contribution is 2.43. The number of nitrogens with zero attached hydrogens (tertiary/aromatic N) is 2. The molecule has 2 nitrogen and oxygen atoms in total. The van der Waals surface area contributed by atoms with Crippen LogP contribution in [0.15, 0.2) is 64.3 Å². The van der Waals surface area contributed by atoms with Crippen LogP contribution in [0.4, 0.5) is 0 Å². The molecule has 1 unspecified atom stereocenters. The Morgan fingerprint density at radius 2 is 1.68 bits per heavy atom. The minimum atomic E-state index is 0.631. The molecule has 0 spiro atoms. The fraction of sp³-hybridized carbons (Fsp3) is 0.517. The van der Waals surface area contributed by atoms with E-state index < -0.39 is 0 Å². The first-order chi connectivity index (χ1) is 15.0. The Hall–Kier alpha value is -1.90. The average molecular weight is 417 g/mol. The van der Waals surface area contributed by atoms with Gasteiger partial charge in [0.05, 0.1) is 0 Å². The molecule has 0 radical (unpaired) electrons. The number of hydrogen-bond donors (Lipinski definition) is 0. The molecule has 0 aromatic heterocycles. The molecule has 1 aromatic carbocycles. The predicted octanol–water partition coefficient (Wildman–Crippen LogP) is 6.62. The van der Waals surface area contributed by atoms with Crippen LogP contribution in [0, 0.1) is 5.92 Å². The van der Waals surface area contributed by atoms with E-state index in [9.17, 15) is 0 Å². The molecule has 1 heterocycles. The highest BCUT2D eigenvalue weighted by atomic mass is 15.2. The maximum Gasteiger partial charge on any atom is 0.0234 e. The van der Waals surface area contributed by atoms with E-state index in [4.69, 9.17) is 0 Å². The van der Waals surface area contributed by atoms with Crippen molar-refractivity contribution >= 4 is 5.57 Å². The lowest BCUT2D eigenvalue weighted by molar-refractivity contribution is 0.148. The monoisotopic (exact) mass is 416 g/mol. The van der Waals surface area contributed by atoms with Gasteiger partial charge >= 0.3 is 0 Å². The van der Waals surface area contributed by atoms with Crippen molar-refractivity contribution in [1.29, 1.82) is 0 Å². The summed E-state index contributed by atoms with van der Waals surface area (Å²) in [6, 6.07) is 9.39. The van der Waals surface area contributed by atoms with Gasteiger partial charge in [-0.2, -0.15) is 0 Å². The van der Waals surface area contributed by atoms with Gasteiger partial charge in [-0.15, -0.1) is 0 Å². The second-order valence-corrected chi connectivity index (χ2v) is 9.94. The molecule has 0 saturated carbocycles. The first-order valence-corrected chi connectivity index (χ1v) is 12.3. The molecule has 0 amide bonds. The Balaban J connectivity index is 1.60. The third-order valence-electron chi connectivity index (χ3n) is 7.52. The summed E-state index contributed by atoms with van der Waals surface area (Å²) in [7, 11) is 2.22. The number of allylic oxidation sites excluding steroid dienone is 8. The smallest absolute Gasteiger partial charge is 0.0234 e. The van der Waals surface area contributed by atoms with Crippen LogP contribution >= 0.6 is 0 Å². The first-order valence-electron chi connectivity index (χ1n) is 12.3. The molecule has 1 saturated heterocycles. The zero-order valence-electron chi connectivity index (χ0n) is 20.3. The van der Waals surface area contributed by atoms with Crippen LogP contribution in [0.5, 0.6) is 0 Å². The van der Waals surface area contributed by atoms with Gasteiger partial charge in [-0.1, -0.05) is 55.3 Å². The summed E-state index contributed by atoms with van der Waals surface area (Å²) < 4.78 is 0. The van der Waals surface area contributed by atoms with E-state index in [0.29, 0.717) is 5.92 Å². The molecule has 4 rings (SSSR count). The minimum absolute atomic E-state index is 0.631. The Bertz CT molecular complexity index is 918. The molecule has 1 fully saturated rings. The molecule has 0 bridgehead atoms. The minimum Gasteiger partial charge on any atom is -0.304 e. The molecule has 1 atom stereocenters. The van der Waals surface area contributed by atoms with Gasteiger partial charge in [-0.25, -0.2) is 0 Å². The molecule has 166 valence electrons. The quantitative estimate of drug-likeness (QED) is 0.544. The SMILES string of the molecule is CCC1=C(C)CC(C)C2=C(C)CCC=C(c3ccc(CN4CCN(C)CC4)cc3)C=C12. The van der Waals surface area contributed by atoms with Crippen LogP contribution in [0.1, 0.15) is 64.5 Å². The molecular weight excluding hydrogens is 376 g/mol. The van der Waals surface area contributed by atoms with E-state index in [1.54, 1.807) is 22.3 Å². The zero-order valence-corrected chi connectivity index (χ0v) is 20.3. The Morgan fingerprint density at radius 3 is 2.35 bits per heavy atom. The molecule has 3 aliphatic rings. The highest BCUT2D eigenvalue weighted by Gasteiger charge is 2.26. The van der Waals surface area contributed by atoms with E-state index in [2.05, 4.69) is 81.0 Å². The number of piperazine rings is 1. The molecule has 0 N–H and O–H groups in total. The summed E-state index contributed by atoms with van der Waals surface area (Å²) in [4.78, 5) is 5.00. The molecule has 1 aromatic rings. The maximum absolute atomic E-state index is 2.58. The van der Waals surface area contributed by atoms with Crippen molar-refractivity contribution in [2.45, 2.75) is 59.9 Å². The fourth-order valence-electron chi connectivity index (χ4n) is 5.71. The van der Waals surface area contributed by atoms with Crippen LogP contribution in [0.3, 0.4) is 0 Å². The van der Waals surface area contributed by atoms with Crippen molar-refractivity contribution < 1.29 is 0 Å². The summed E-state index contributed by atoms with van der Waals surface area (Å²) >= 11 is 0. The number of benzene rings is 1. The summed E-state index contributed by atoms with van der Waals surface area (Å²) in [5, 5.41) is 0. The van der Waals surface area contributed by atoms with E-state index in [0.717, 1.165) is 19.4 Å². The van der Waals surface area contributed by atoms with Gasteiger partial charge in [0.25, 0.3) is 0 Å². The Morgan fingerprint density at radius 1 is 0.968 bits per heavy atom. The first kappa shape index (κ1) is 22.3. The van der Waals surface area contributed by atoms with Crippen LogP contribution in [-0.2, 0) is 6.54 Å². The lowest BCUT2D eigenvalue weighted by Gasteiger charge is -2.32. The van der Waals surface area contributed by atoms with Crippen LogP contribution in [-0.4, -0.2) is 43.0 Å². The van der Waals surface area contributed by atoms with Gasteiger partial charge in [-0.3, -0.25) is 4.90 Å². The third-order valence-corrected chi connectivity index (χ3v) is 7.52. The lowest BCUT2D eigenvalue weighted by Crippen LogP contribution is -2.43. The van der Waals surface area contributed by atoms with Gasteiger partial charge in [0.1, 0.15) is 0 Å². The second-order valence-electron chi connectivity index (χ2n) is 9.94. The van der Waals surface area contributed by atoms with Crippen molar-refractivity contribution in [3.63, 3.8) is 0 Å². The van der Waals surface area contributed by atoms with Crippen molar-refractivity contribution in [3.8, 4) is 0 Å². The van der Waals surface area contributed by atoms with Crippen molar-refractivity contribution in [2.24, 2.45) is 5.92 Å². The number of rotatable bonds is 4. The number of hydrogen-bond acceptors (Lipinski definition) is 2. The van der Waals surface area contributed by atoms with E-state index in [1.165, 1.54) is 61.3 Å². The largest absolute Gasteiger partial charge is 0.304 e. The van der Waals surface area contributed by atoms with Crippen molar-refractivity contribution in [3.05, 3.63) is 75.4 Å². The topological polar surface area (TPSA) is 6.48 Å². The maximum atomic E-state index is 2.58. The number of likely N-dealkylation sites (N-methyl/N-ethyl adjacent to an activating group) is 1. The van der Waals surface area contributed by atoms with Gasteiger partial charge in [0.15, 0.2) is 0 Å². The Kier molecular flexibility index (Phi) is 6.99. The molecule has 2 heteroatoms. The Labute approximate surface area is 190 Å². The van der Waals surface area contributed by atoms with Gasteiger partial charge in [-0.05, 0) is 92.0 Å². The van der Waals surface area contributed by atoms with Crippen molar-refractivity contribution in [1.82, 2.24) is 9.80 Å². The normalized spacial score (nSPS) is 23.8. The number of fused-ring (bicyclic) bond motifs is 1. The van der Waals surface area contributed by atoms with Gasteiger partial charge in [0.2, 0.25) is 0 Å². The third kappa shape index (κ3) is 4.96. The van der Waals surface area contributed by atoms with E-state index >= 15 is 0 Å². The molecule has 2 aliphatic carbocycles. The summed E-state index contributed by atoms with van der Waals surface area (Å²) in [5.74, 6) is 0.631. The lowest BCUT2D eigenvalue weighted by atomic mass is 9.73. The second kappa shape index (κ2) is 9.71. The average Bonchev–Trinajstić information content (AvgIpc) is 2.74. The zero-order chi connectivity index (χ0) is 22.0. The highest BCUT2D eigenvalue weighted by molar-refractivity contribution is 5.78. The fourth-order valence-corrected chi connectivity index (χ4v) is 5.71.